The van der Waals surface area contributed by atoms with Gasteiger partial charge in [-0.15, -0.1) is 12.4 Å². The molecule has 2 atom stereocenters. The summed E-state index contributed by atoms with van der Waals surface area (Å²) in [4.78, 5) is 16.7. The largest absolute Gasteiger partial charge is 0.493 e. The summed E-state index contributed by atoms with van der Waals surface area (Å²) in [5, 5.41) is -0.462. The van der Waals surface area contributed by atoms with Crippen LogP contribution in [-0.4, -0.2) is 31.2 Å². The molecule has 0 bridgehead atoms. The van der Waals surface area contributed by atoms with Crippen LogP contribution in [-0.2, 0) is 0 Å². The van der Waals surface area contributed by atoms with Crippen molar-refractivity contribution in [3.8, 4) is 11.5 Å². The molecule has 0 spiro atoms. The lowest BCUT2D eigenvalue weighted by molar-refractivity contribution is 0.108. The molecule has 2 aromatic carbocycles. The Morgan fingerprint density at radius 2 is 1.79 bits per heavy atom. The minimum atomic E-state index is -0.462. The maximum Gasteiger partial charge on any atom is 0.252 e. The molecule has 1 fully saturated rings. The average Bonchev–Trinajstić information content (AvgIpc) is 2.72. The molecule has 1 aliphatic carbocycles. The Kier molecular flexibility index (Phi) is 6.31. The monoisotopic (exact) mass is 419 g/mol. The summed E-state index contributed by atoms with van der Waals surface area (Å²) in [5.41, 5.74) is 4.58. The zero-order chi connectivity index (χ0) is 19.0. The minimum absolute atomic E-state index is 0. The van der Waals surface area contributed by atoms with Crippen molar-refractivity contribution in [1.29, 1.82) is 0 Å². The fraction of sp³-hybridized carbons (Fsp3) is 0.364. The summed E-state index contributed by atoms with van der Waals surface area (Å²) in [5.74, 6) is 1.82. The van der Waals surface area contributed by atoms with E-state index in [0.29, 0.717) is 17.2 Å². The first kappa shape index (κ1) is 20.7. The Morgan fingerprint density at radius 3 is 2.50 bits per heavy atom. The molecule has 148 valence electrons. The fourth-order valence-corrected chi connectivity index (χ4v) is 4.41. The summed E-state index contributed by atoms with van der Waals surface area (Å²) in [6.07, 6.45) is 4.62. The molecular formula is C22H23Cl2NO3. The highest BCUT2D eigenvalue weighted by Gasteiger charge is 2.34. The third-order valence-electron chi connectivity index (χ3n) is 5.60. The van der Waals surface area contributed by atoms with E-state index < -0.39 is 5.24 Å². The van der Waals surface area contributed by atoms with Crippen molar-refractivity contribution < 1.29 is 14.3 Å². The number of carbonyl (C=O) groups is 1. The van der Waals surface area contributed by atoms with Crippen molar-refractivity contribution in [2.24, 2.45) is 4.99 Å². The molecule has 0 radical (unpaired) electrons. The van der Waals surface area contributed by atoms with Gasteiger partial charge in [0, 0.05) is 22.6 Å². The molecule has 1 heterocycles. The van der Waals surface area contributed by atoms with Gasteiger partial charge < -0.3 is 9.47 Å². The van der Waals surface area contributed by atoms with Crippen LogP contribution in [0.25, 0.3) is 0 Å². The number of fused-ring (bicyclic) bond motifs is 3. The first-order valence-electron chi connectivity index (χ1n) is 9.26. The molecule has 0 aromatic heterocycles. The van der Waals surface area contributed by atoms with E-state index in [9.17, 15) is 4.79 Å². The number of benzene rings is 2. The van der Waals surface area contributed by atoms with Gasteiger partial charge in [0.05, 0.1) is 26.0 Å². The molecule has 4 rings (SSSR count). The Bertz CT molecular complexity index is 926. The van der Waals surface area contributed by atoms with Gasteiger partial charge in [0.25, 0.3) is 5.24 Å². The topological polar surface area (TPSA) is 47.9 Å². The number of aliphatic imine (C=N–C) groups is 1. The molecule has 0 unspecified atom stereocenters. The highest BCUT2D eigenvalue weighted by Crippen LogP contribution is 2.44. The first-order chi connectivity index (χ1) is 13.1. The lowest BCUT2D eigenvalue weighted by atomic mass is 9.75. The van der Waals surface area contributed by atoms with Gasteiger partial charge in [0.15, 0.2) is 11.5 Å². The summed E-state index contributed by atoms with van der Waals surface area (Å²) < 4.78 is 11.1. The zero-order valence-corrected chi connectivity index (χ0v) is 17.5. The van der Waals surface area contributed by atoms with E-state index in [0.717, 1.165) is 35.4 Å². The van der Waals surface area contributed by atoms with Crippen molar-refractivity contribution in [1.82, 2.24) is 0 Å². The standard InChI is InChI=1S/C22H22ClNO3.ClH/c1-26-19-11-16-15-8-3-4-9-18(15)24-21(17(16)12-20(19)27-2)13-6-5-7-14(10-13)22(23)25;/h5-7,10-12,15,18H,3-4,8-9H2,1-2H3;1H/t15-,18-;/m1./s1. The quantitative estimate of drug-likeness (QED) is 0.624. The summed E-state index contributed by atoms with van der Waals surface area (Å²) in [6, 6.07) is 11.7. The van der Waals surface area contributed by atoms with Gasteiger partial charge in [-0.05, 0) is 48.2 Å². The third kappa shape index (κ3) is 3.63. The van der Waals surface area contributed by atoms with Crippen LogP contribution in [0.3, 0.4) is 0 Å². The lowest BCUT2D eigenvalue weighted by Gasteiger charge is -2.35. The maximum atomic E-state index is 11.6. The van der Waals surface area contributed by atoms with Crippen LogP contribution in [0.15, 0.2) is 41.4 Å². The number of carbonyl (C=O) groups excluding carboxylic acids is 1. The second kappa shape index (κ2) is 8.54. The number of nitrogens with zero attached hydrogens (tertiary/aromatic N) is 1. The molecular weight excluding hydrogens is 397 g/mol. The van der Waals surface area contributed by atoms with Crippen molar-refractivity contribution in [2.45, 2.75) is 37.6 Å². The van der Waals surface area contributed by atoms with Gasteiger partial charge in [-0.25, -0.2) is 0 Å². The van der Waals surface area contributed by atoms with Crippen molar-refractivity contribution in [3.63, 3.8) is 0 Å². The van der Waals surface area contributed by atoms with E-state index in [1.165, 1.54) is 18.4 Å². The molecule has 4 nitrogen and oxygen atoms in total. The van der Waals surface area contributed by atoms with Gasteiger partial charge in [-0.3, -0.25) is 9.79 Å². The van der Waals surface area contributed by atoms with Gasteiger partial charge in [0.1, 0.15) is 0 Å². The van der Waals surface area contributed by atoms with Gasteiger partial charge in [0.2, 0.25) is 0 Å². The van der Waals surface area contributed by atoms with Crippen LogP contribution < -0.4 is 9.47 Å². The van der Waals surface area contributed by atoms with E-state index in [1.807, 2.05) is 24.3 Å². The van der Waals surface area contributed by atoms with Crippen LogP contribution in [0.5, 0.6) is 11.5 Å². The second-order valence-electron chi connectivity index (χ2n) is 7.08. The molecule has 2 aliphatic rings. The first-order valence-corrected chi connectivity index (χ1v) is 9.64. The van der Waals surface area contributed by atoms with Crippen molar-refractivity contribution >= 4 is 35.0 Å². The van der Waals surface area contributed by atoms with Crippen molar-refractivity contribution in [2.75, 3.05) is 14.2 Å². The van der Waals surface area contributed by atoms with Crippen LogP contribution in [0.4, 0.5) is 0 Å². The van der Waals surface area contributed by atoms with E-state index >= 15 is 0 Å². The Morgan fingerprint density at radius 1 is 1.07 bits per heavy atom. The van der Waals surface area contributed by atoms with E-state index in [-0.39, 0.29) is 18.4 Å². The van der Waals surface area contributed by atoms with Gasteiger partial charge in [-0.2, -0.15) is 0 Å². The van der Waals surface area contributed by atoms with Crippen LogP contribution >= 0.6 is 24.0 Å². The normalized spacial score (nSPS) is 20.2. The molecule has 1 aliphatic heterocycles. The molecule has 28 heavy (non-hydrogen) atoms. The van der Waals surface area contributed by atoms with E-state index in [1.54, 1.807) is 20.3 Å². The van der Waals surface area contributed by atoms with Crippen molar-refractivity contribution in [3.05, 3.63) is 58.7 Å². The van der Waals surface area contributed by atoms with Crippen LogP contribution in [0.1, 0.15) is 58.6 Å². The Hall–Kier alpha value is -2.04. The summed E-state index contributed by atoms with van der Waals surface area (Å²) in [7, 11) is 3.30. The van der Waals surface area contributed by atoms with Gasteiger partial charge in [-0.1, -0.05) is 31.0 Å². The van der Waals surface area contributed by atoms with E-state index in [2.05, 4.69) is 6.07 Å². The number of methoxy groups -OCH3 is 2. The Balaban J connectivity index is 0.00000225. The number of rotatable bonds is 4. The number of halogens is 2. The average molecular weight is 420 g/mol. The fourth-order valence-electron chi connectivity index (χ4n) is 4.29. The highest BCUT2D eigenvalue weighted by molar-refractivity contribution is 6.67. The molecule has 0 saturated heterocycles. The number of hydrogen-bond donors (Lipinski definition) is 0. The summed E-state index contributed by atoms with van der Waals surface area (Å²) in [6.45, 7) is 0. The minimum Gasteiger partial charge on any atom is -0.493 e. The van der Waals surface area contributed by atoms with Crippen LogP contribution in [0, 0.1) is 0 Å². The van der Waals surface area contributed by atoms with Gasteiger partial charge >= 0.3 is 0 Å². The highest BCUT2D eigenvalue weighted by atomic mass is 35.5. The lowest BCUT2D eigenvalue weighted by Crippen LogP contribution is -2.29. The molecule has 1 saturated carbocycles. The smallest absolute Gasteiger partial charge is 0.252 e. The maximum absolute atomic E-state index is 11.6. The summed E-state index contributed by atoms with van der Waals surface area (Å²) >= 11 is 5.70. The molecule has 0 amide bonds. The van der Waals surface area contributed by atoms with Crippen LogP contribution in [0.2, 0.25) is 0 Å². The zero-order valence-electron chi connectivity index (χ0n) is 15.9. The number of ether oxygens (including phenoxy) is 2. The molecule has 0 N–H and O–H groups in total. The Labute approximate surface area is 176 Å². The SMILES string of the molecule is COc1cc2c(cc1OC)[C@H]1CCCC[C@H]1N=C2c1cccc(C(=O)Cl)c1.Cl. The predicted octanol–water partition coefficient (Wildman–Crippen LogP) is 5.38. The molecule has 2 aromatic rings. The second-order valence-corrected chi connectivity index (χ2v) is 7.43. The molecule has 6 heteroatoms. The van der Waals surface area contributed by atoms with E-state index in [4.69, 9.17) is 26.1 Å². The predicted molar refractivity (Wildman–Crippen MR) is 114 cm³/mol. The number of hydrogen-bond acceptors (Lipinski definition) is 4. The third-order valence-corrected chi connectivity index (χ3v) is 5.82.